The lowest BCUT2D eigenvalue weighted by atomic mass is 10.1. The number of ether oxygens (including phenoxy) is 1. The molecule has 0 aliphatic carbocycles. The van der Waals surface area contributed by atoms with E-state index in [0.29, 0.717) is 17.5 Å². The topological polar surface area (TPSA) is 55.4 Å². The normalized spacial score (nSPS) is 10.6. The number of rotatable bonds is 7. The average molecular weight is 345 g/mol. The second-order valence-electron chi connectivity index (χ2n) is 5.18. The van der Waals surface area contributed by atoms with Gasteiger partial charge >= 0.3 is 5.97 Å². The van der Waals surface area contributed by atoms with Gasteiger partial charge in [0.05, 0.1) is 0 Å². The van der Waals surface area contributed by atoms with E-state index in [1.165, 1.54) is 36.4 Å². The molecule has 0 radical (unpaired) electrons. The standard InChI is InChI=1S/C19H17F2NO3/c20-16-8-5-14(6-9-16)7-10-19(24)25-13-18(23)22-12-11-15-3-1-2-4-17(15)21/h1-10H,11-13H2,(H,22,23)/b10-7+. The first-order valence-electron chi connectivity index (χ1n) is 7.65. The number of hydrogen-bond acceptors (Lipinski definition) is 3. The second kappa shape index (κ2) is 9.32. The van der Waals surface area contributed by atoms with Crippen LogP contribution in [0.15, 0.2) is 54.6 Å². The van der Waals surface area contributed by atoms with Crippen molar-refractivity contribution in [3.05, 3.63) is 77.4 Å². The van der Waals surface area contributed by atoms with Crippen molar-refractivity contribution in [3.8, 4) is 0 Å². The van der Waals surface area contributed by atoms with E-state index in [-0.39, 0.29) is 18.2 Å². The Kier molecular flexibility index (Phi) is 6.83. The first-order chi connectivity index (χ1) is 12.0. The number of halogens is 2. The van der Waals surface area contributed by atoms with Gasteiger partial charge in [0, 0.05) is 12.6 Å². The molecule has 6 heteroatoms. The van der Waals surface area contributed by atoms with E-state index in [9.17, 15) is 18.4 Å². The largest absolute Gasteiger partial charge is 0.452 e. The molecular formula is C19H17F2NO3. The summed E-state index contributed by atoms with van der Waals surface area (Å²) >= 11 is 0. The predicted molar refractivity (Wildman–Crippen MR) is 89.5 cm³/mol. The van der Waals surface area contributed by atoms with Gasteiger partial charge in [0.2, 0.25) is 0 Å². The molecule has 1 amide bonds. The maximum atomic E-state index is 13.4. The second-order valence-corrected chi connectivity index (χ2v) is 5.18. The summed E-state index contributed by atoms with van der Waals surface area (Å²) in [4.78, 5) is 23.1. The zero-order valence-electron chi connectivity index (χ0n) is 13.4. The fraction of sp³-hybridized carbons (Fsp3) is 0.158. The molecule has 0 aliphatic heterocycles. The molecule has 0 unspecified atom stereocenters. The molecule has 4 nitrogen and oxygen atoms in total. The molecule has 0 aromatic heterocycles. The molecule has 2 aromatic rings. The highest BCUT2D eigenvalue weighted by Gasteiger charge is 2.06. The average Bonchev–Trinajstić information content (AvgIpc) is 2.61. The number of benzene rings is 2. The highest BCUT2D eigenvalue weighted by molar-refractivity contribution is 5.89. The van der Waals surface area contributed by atoms with Crippen molar-refractivity contribution in [2.75, 3.05) is 13.2 Å². The molecule has 0 heterocycles. The molecule has 0 atom stereocenters. The fourth-order valence-corrected chi connectivity index (χ4v) is 2.01. The Hall–Kier alpha value is -3.02. The van der Waals surface area contributed by atoms with Crippen molar-refractivity contribution < 1.29 is 23.1 Å². The SMILES string of the molecule is O=C(COC(=O)/C=C/c1ccc(F)cc1)NCCc1ccccc1F. The zero-order chi connectivity index (χ0) is 18.1. The molecule has 0 saturated carbocycles. The van der Waals surface area contributed by atoms with Crippen molar-refractivity contribution in [1.29, 1.82) is 0 Å². The number of carbonyl (C=O) groups excluding carboxylic acids is 2. The van der Waals surface area contributed by atoms with E-state index in [1.807, 2.05) is 0 Å². The molecule has 2 aromatic carbocycles. The number of nitrogens with one attached hydrogen (secondary N) is 1. The van der Waals surface area contributed by atoms with Crippen molar-refractivity contribution in [2.45, 2.75) is 6.42 Å². The molecule has 25 heavy (non-hydrogen) atoms. The Balaban J connectivity index is 1.68. The van der Waals surface area contributed by atoms with Crippen LogP contribution in [-0.2, 0) is 20.7 Å². The molecule has 0 saturated heterocycles. The van der Waals surface area contributed by atoms with Crippen LogP contribution in [0.5, 0.6) is 0 Å². The highest BCUT2D eigenvalue weighted by Crippen LogP contribution is 2.06. The quantitative estimate of drug-likeness (QED) is 0.620. The summed E-state index contributed by atoms with van der Waals surface area (Å²) in [6.07, 6.45) is 2.95. The van der Waals surface area contributed by atoms with Crippen LogP contribution >= 0.6 is 0 Å². The van der Waals surface area contributed by atoms with Crippen molar-refractivity contribution in [1.82, 2.24) is 5.32 Å². The van der Waals surface area contributed by atoms with Crippen LogP contribution in [0.3, 0.4) is 0 Å². The molecule has 0 fully saturated rings. The van der Waals surface area contributed by atoms with Crippen LogP contribution in [0.25, 0.3) is 6.08 Å². The third kappa shape index (κ3) is 6.55. The van der Waals surface area contributed by atoms with Crippen LogP contribution in [0.2, 0.25) is 0 Å². The Labute approximate surface area is 144 Å². The minimum Gasteiger partial charge on any atom is -0.452 e. The lowest BCUT2D eigenvalue weighted by Gasteiger charge is -2.06. The summed E-state index contributed by atoms with van der Waals surface area (Å²) < 4.78 is 30.9. The number of amides is 1. The Morgan fingerprint density at radius 3 is 2.48 bits per heavy atom. The van der Waals surface area contributed by atoms with Gasteiger partial charge in [0.25, 0.3) is 5.91 Å². The minimum atomic E-state index is -0.687. The predicted octanol–water partition coefficient (Wildman–Crippen LogP) is 2.88. The van der Waals surface area contributed by atoms with E-state index in [4.69, 9.17) is 4.74 Å². The third-order valence-electron chi connectivity index (χ3n) is 3.30. The number of esters is 1. The van der Waals surface area contributed by atoms with Crippen molar-refractivity contribution in [3.63, 3.8) is 0 Å². The van der Waals surface area contributed by atoms with Gasteiger partial charge in [-0.1, -0.05) is 30.3 Å². The maximum absolute atomic E-state index is 13.4. The van der Waals surface area contributed by atoms with Crippen LogP contribution in [0.4, 0.5) is 8.78 Å². The molecule has 0 bridgehead atoms. The van der Waals surface area contributed by atoms with Crippen LogP contribution in [-0.4, -0.2) is 25.0 Å². The van der Waals surface area contributed by atoms with E-state index < -0.39 is 18.5 Å². The molecule has 0 aliphatic rings. The van der Waals surface area contributed by atoms with Gasteiger partial charge in [-0.25, -0.2) is 13.6 Å². The fourth-order valence-electron chi connectivity index (χ4n) is 2.01. The van der Waals surface area contributed by atoms with Gasteiger partial charge in [0.1, 0.15) is 11.6 Å². The lowest BCUT2D eigenvalue weighted by molar-refractivity contribution is -0.143. The Bertz CT molecular complexity index is 758. The van der Waals surface area contributed by atoms with Gasteiger partial charge in [-0.3, -0.25) is 4.79 Å². The summed E-state index contributed by atoms with van der Waals surface area (Å²) in [6.45, 7) is -0.188. The summed E-state index contributed by atoms with van der Waals surface area (Å²) in [7, 11) is 0. The monoisotopic (exact) mass is 345 g/mol. The van der Waals surface area contributed by atoms with Gasteiger partial charge in [0.15, 0.2) is 6.61 Å². The summed E-state index contributed by atoms with van der Waals surface area (Å²) in [5, 5.41) is 2.55. The van der Waals surface area contributed by atoms with E-state index in [2.05, 4.69) is 5.32 Å². The summed E-state index contributed by atoms with van der Waals surface area (Å²) in [5.74, 6) is -1.85. The summed E-state index contributed by atoms with van der Waals surface area (Å²) in [5.41, 5.74) is 1.13. The van der Waals surface area contributed by atoms with Crippen LogP contribution < -0.4 is 5.32 Å². The molecule has 130 valence electrons. The highest BCUT2D eigenvalue weighted by atomic mass is 19.1. The van der Waals surface area contributed by atoms with E-state index >= 15 is 0 Å². The number of hydrogen-bond donors (Lipinski definition) is 1. The lowest BCUT2D eigenvalue weighted by Crippen LogP contribution is -2.30. The van der Waals surface area contributed by atoms with Crippen molar-refractivity contribution in [2.24, 2.45) is 0 Å². The number of carbonyl (C=O) groups is 2. The summed E-state index contributed by atoms with van der Waals surface area (Å²) in [6, 6.07) is 11.9. The van der Waals surface area contributed by atoms with E-state index in [1.54, 1.807) is 18.2 Å². The van der Waals surface area contributed by atoms with E-state index in [0.717, 1.165) is 6.08 Å². The minimum absolute atomic E-state index is 0.239. The zero-order valence-corrected chi connectivity index (χ0v) is 13.4. The third-order valence-corrected chi connectivity index (χ3v) is 3.30. The van der Waals surface area contributed by atoms with Gasteiger partial charge in [-0.15, -0.1) is 0 Å². The Morgan fingerprint density at radius 2 is 1.76 bits per heavy atom. The first kappa shape index (κ1) is 18.3. The molecule has 0 spiro atoms. The first-order valence-corrected chi connectivity index (χ1v) is 7.65. The van der Waals surface area contributed by atoms with Gasteiger partial charge < -0.3 is 10.1 Å². The molecule has 2 rings (SSSR count). The van der Waals surface area contributed by atoms with Crippen LogP contribution in [0.1, 0.15) is 11.1 Å². The van der Waals surface area contributed by atoms with Gasteiger partial charge in [-0.2, -0.15) is 0 Å². The smallest absolute Gasteiger partial charge is 0.331 e. The van der Waals surface area contributed by atoms with Crippen LogP contribution in [0, 0.1) is 11.6 Å². The Morgan fingerprint density at radius 1 is 1.04 bits per heavy atom. The maximum Gasteiger partial charge on any atom is 0.331 e. The molecule has 1 N–H and O–H groups in total. The van der Waals surface area contributed by atoms with Crippen molar-refractivity contribution >= 4 is 18.0 Å². The van der Waals surface area contributed by atoms with Gasteiger partial charge in [-0.05, 0) is 41.8 Å². The molecular weight excluding hydrogens is 328 g/mol.